The Morgan fingerprint density at radius 3 is 2.38 bits per heavy atom. The second-order valence-electron chi connectivity index (χ2n) is 3.53. The predicted octanol–water partition coefficient (Wildman–Crippen LogP) is 1.46. The Morgan fingerprint density at radius 1 is 1.38 bits per heavy atom. The van der Waals surface area contributed by atoms with Crippen LogP contribution in [0.1, 0.15) is 26.3 Å². The first-order valence-corrected chi connectivity index (χ1v) is 5.12. The number of carbonyl (C=O) groups is 2. The number of esters is 1. The first-order valence-electron chi connectivity index (χ1n) is 5.12. The van der Waals surface area contributed by atoms with E-state index in [0.29, 0.717) is 6.42 Å². The molecule has 1 heterocycles. The molecule has 2 unspecified atom stereocenters. The summed E-state index contributed by atoms with van der Waals surface area (Å²) in [5.41, 5.74) is 0. The van der Waals surface area contributed by atoms with Gasteiger partial charge in [0.15, 0.2) is 0 Å². The van der Waals surface area contributed by atoms with Crippen LogP contribution in [0.25, 0.3) is 0 Å². The van der Waals surface area contributed by atoms with Crippen molar-refractivity contribution in [3.05, 3.63) is 24.5 Å². The minimum Gasteiger partial charge on any atom is -0.479 e. The number of aliphatic carboxylic acids is 1. The molecular weight excluding hydrogens is 210 g/mol. The minimum atomic E-state index is -1.30. The molecule has 1 rings (SSSR count). The lowest BCUT2D eigenvalue weighted by molar-refractivity contribution is -0.160. The summed E-state index contributed by atoms with van der Waals surface area (Å²) in [6.07, 6.45) is 3.43. The van der Waals surface area contributed by atoms with Crippen molar-refractivity contribution in [3.63, 3.8) is 0 Å². The molecule has 0 radical (unpaired) electrons. The first-order chi connectivity index (χ1) is 7.56. The van der Waals surface area contributed by atoms with E-state index in [1.807, 2.05) is 6.92 Å². The Hall–Kier alpha value is -1.78. The number of carboxylic acids is 1. The lowest BCUT2D eigenvalue weighted by Gasteiger charge is -2.16. The zero-order chi connectivity index (χ0) is 12.1. The van der Waals surface area contributed by atoms with Gasteiger partial charge in [-0.15, -0.1) is 0 Å². The van der Waals surface area contributed by atoms with Crippen molar-refractivity contribution in [2.75, 3.05) is 0 Å². The van der Waals surface area contributed by atoms with E-state index in [-0.39, 0.29) is 6.10 Å². The predicted molar refractivity (Wildman–Crippen MR) is 56.9 cm³/mol. The zero-order valence-electron chi connectivity index (χ0n) is 9.29. The van der Waals surface area contributed by atoms with Gasteiger partial charge in [0, 0.05) is 12.4 Å². The highest BCUT2D eigenvalue weighted by atomic mass is 16.5. The van der Waals surface area contributed by atoms with E-state index in [1.54, 1.807) is 19.1 Å². The van der Waals surface area contributed by atoms with Gasteiger partial charge in [0.25, 0.3) is 0 Å². The molecule has 1 aromatic heterocycles. The number of nitrogens with zero attached hydrogens (tertiary/aromatic N) is 1. The van der Waals surface area contributed by atoms with Crippen LogP contribution >= 0.6 is 0 Å². The van der Waals surface area contributed by atoms with Crippen molar-refractivity contribution < 1.29 is 19.4 Å². The maximum absolute atomic E-state index is 11.6. The smallest absolute Gasteiger partial charge is 0.341 e. The highest BCUT2D eigenvalue weighted by molar-refractivity contribution is 5.96. The largest absolute Gasteiger partial charge is 0.479 e. The van der Waals surface area contributed by atoms with Crippen LogP contribution in [-0.2, 0) is 14.3 Å². The molecule has 2 atom stereocenters. The fraction of sp³-hybridized carbons (Fsp3) is 0.455. The molecule has 0 aliphatic rings. The Morgan fingerprint density at radius 2 is 1.94 bits per heavy atom. The van der Waals surface area contributed by atoms with Crippen molar-refractivity contribution in [1.82, 2.24) is 4.57 Å². The Kier molecular flexibility index (Phi) is 4.10. The molecule has 0 amide bonds. The fourth-order valence-corrected chi connectivity index (χ4v) is 1.22. The van der Waals surface area contributed by atoms with Gasteiger partial charge in [0.05, 0.1) is 6.10 Å². The lowest BCUT2D eigenvalue weighted by atomic mass is 10.2. The van der Waals surface area contributed by atoms with Crippen LogP contribution in [0.5, 0.6) is 0 Å². The molecule has 5 heteroatoms. The standard InChI is InChI=1S/C11H15NO4/c1-3-8(2)16-11(15)9(10(13)14)12-6-4-5-7-12/h4-9H,3H2,1-2H3,(H,13,14). The molecule has 88 valence electrons. The molecule has 0 saturated carbocycles. The molecule has 0 spiro atoms. The maximum atomic E-state index is 11.6. The zero-order valence-corrected chi connectivity index (χ0v) is 9.29. The number of hydrogen-bond donors (Lipinski definition) is 1. The van der Waals surface area contributed by atoms with E-state index in [1.165, 1.54) is 17.0 Å². The van der Waals surface area contributed by atoms with Gasteiger partial charge in [-0.25, -0.2) is 9.59 Å². The van der Waals surface area contributed by atoms with Crippen molar-refractivity contribution >= 4 is 11.9 Å². The van der Waals surface area contributed by atoms with Gasteiger partial charge >= 0.3 is 11.9 Å². The summed E-state index contributed by atoms with van der Waals surface area (Å²) in [5.74, 6) is -1.96. The van der Waals surface area contributed by atoms with Gasteiger partial charge < -0.3 is 14.4 Å². The summed E-state index contributed by atoms with van der Waals surface area (Å²) in [4.78, 5) is 22.6. The number of aromatic nitrogens is 1. The van der Waals surface area contributed by atoms with Crippen LogP contribution in [0.2, 0.25) is 0 Å². The van der Waals surface area contributed by atoms with Crippen molar-refractivity contribution in [2.45, 2.75) is 32.4 Å². The summed E-state index contributed by atoms with van der Waals surface area (Å²) in [6, 6.07) is 2.02. The Balaban J connectivity index is 2.79. The van der Waals surface area contributed by atoms with Gasteiger partial charge in [0.1, 0.15) is 0 Å². The minimum absolute atomic E-state index is 0.273. The highest BCUT2D eigenvalue weighted by Gasteiger charge is 2.29. The van der Waals surface area contributed by atoms with E-state index in [9.17, 15) is 9.59 Å². The molecule has 0 bridgehead atoms. The molecular formula is C11H15NO4. The third kappa shape index (κ3) is 2.85. The van der Waals surface area contributed by atoms with Crippen LogP contribution in [0, 0.1) is 0 Å². The molecule has 0 saturated heterocycles. The van der Waals surface area contributed by atoms with Crippen molar-refractivity contribution in [2.24, 2.45) is 0 Å². The molecule has 0 fully saturated rings. The average Bonchev–Trinajstić information content (AvgIpc) is 2.70. The van der Waals surface area contributed by atoms with Crippen LogP contribution in [0.15, 0.2) is 24.5 Å². The fourth-order valence-electron chi connectivity index (χ4n) is 1.22. The van der Waals surface area contributed by atoms with E-state index in [0.717, 1.165) is 0 Å². The highest BCUT2D eigenvalue weighted by Crippen LogP contribution is 2.12. The average molecular weight is 225 g/mol. The number of rotatable bonds is 5. The Bertz CT molecular complexity index is 358. The SMILES string of the molecule is CCC(C)OC(=O)C(C(=O)O)n1cccc1. The number of ether oxygens (including phenoxy) is 1. The number of hydrogen-bond acceptors (Lipinski definition) is 3. The van der Waals surface area contributed by atoms with Crippen molar-refractivity contribution in [3.8, 4) is 0 Å². The van der Waals surface area contributed by atoms with Gasteiger partial charge in [-0.2, -0.15) is 0 Å². The number of carboxylic acid groups (broad SMARTS) is 1. The molecule has 5 nitrogen and oxygen atoms in total. The van der Waals surface area contributed by atoms with E-state index in [2.05, 4.69) is 0 Å². The maximum Gasteiger partial charge on any atom is 0.341 e. The summed E-state index contributed by atoms with van der Waals surface area (Å²) in [7, 11) is 0. The summed E-state index contributed by atoms with van der Waals surface area (Å²) in [6.45, 7) is 3.59. The first kappa shape index (κ1) is 12.3. The third-order valence-corrected chi connectivity index (χ3v) is 2.28. The monoisotopic (exact) mass is 225 g/mol. The quantitative estimate of drug-likeness (QED) is 0.608. The molecule has 16 heavy (non-hydrogen) atoms. The summed E-state index contributed by atoms with van der Waals surface area (Å²) in [5, 5.41) is 8.98. The van der Waals surface area contributed by atoms with Gasteiger partial charge in [0.2, 0.25) is 6.04 Å². The van der Waals surface area contributed by atoms with Gasteiger partial charge in [-0.1, -0.05) is 6.92 Å². The summed E-state index contributed by atoms with van der Waals surface area (Å²) < 4.78 is 6.32. The van der Waals surface area contributed by atoms with Crippen LogP contribution in [-0.4, -0.2) is 27.7 Å². The normalized spacial score (nSPS) is 14.1. The second-order valence-corrected chi connectivity index (χ2v) is 3.53. The molecule has 0 aromatic carbocycles. The summed E-state index contributed by atoms with van der Waals surface area (Å²) >= 11 is 0. The van der Waals surface area contributed by atoms with Crippen LogP contribution in [0.4, 0.5) is 0 Å². The number of carbonyl (C=O) groups excluding carboxylic acids is 1. The van der Waals surface area contributed by atoms with Crippen LogP contribution < -0.4 is 0 Å². The van der Waals surface area contributed by atoms with Gasteiger partial charge in [-0.05, 0) is 25.5 Å². The topological polar surface area (TPSA) is 68.5 Å². The van der Waals surface area contributed by atoms with Crippen LogP contribution in [0.3, 0.4) is 0 Å². The van der Waals surface area contributed by atoms with E-state index < -0.39 is 18.0 Å². The molecule has 0 aliphatic heterocycles. The third-order valence-electron chi connectivity index (χ3n) is 2.28. The van der Waals surface area contributed by atoms with Crippen molar-refractivity contribution in [1.29, 1.82) is 0 Å². The van der Waals surface area contributed by atoms with E-state index in [4.69, 9.17) is 9.84 Å². The molecule has 1 aromatic rings. The van der Waals surface area contributed by atoms with E-state index >= 15 is 0 Å². The van der Waals surface area contributed by atoms with Gasteiger partial charge in [-0.3, -0.25) is 0 Å². The Labute approximate surface area is 93.6 Å². The second kappa shape index (κ2) is 5.34. The molecule has 0 aliphatic carbocycles. The molecule has 1 N–H and O–H groups in total. The lowest BCUT2D eigenvalue weighted by Crippen LogP contribution is -2.30.